The van der Waals surface area contributed by atoms with Crippen molar-refractivity contribution in [3.05, 3.63) is 67.5 Å². The van der Waals surface area contributed by atoms with E-state index in [-0.39, 0.29) is 29.8 Å². The summed E-state index contributed by atoms with van der Waals surface area (Å²) >= 11 is 0. The summed E-state index contributed by atoms with van der Waals surface area (Å²) in [6.07, 6.45) is -5.14. The second kappa shape index (κ2) is 6.97. The number of alkyl halides is 3. The molecule has 2 aromatic carbocycles. The van der Waals surface area contributed by atoms with Crippen LogP contribution in [-0.4, -0.2) is 16.3 Å². The lowest BCUT2D eigenvalue weighted by molar-refractivity contribution is -0.392. The van der Waals surface area contributed by atoms with Crippen molar-refractivity contribution in [1.29, 1.82) is 0 Å². The first-order valence-corrected chi connectivity index (χ1v) is 7.02. The normalized spacial score (nSPS) is 11.1. The summed E-state index contributed by atoms with van der Waals surface area (Å²) in [6.45, 7) is 1.30. The molecule has 0 radical (unpaired) electrons. The number of rotatable bonds is 5. The minimum atomic E-state index is -5.09. The summed E-state index contributed by atoms with van der Waals surface area (Å²) in [5, 5.41) is 22.5. The molecule has 0 fully saturated rings. The molecule has 0 saturated carbocycles. The second-order valence-electron chi connectivity index (χ2n) is 5.28. The Bertz CT molecular complexity index is 911. The van der Waals surface area contributed by atoms with Crippen molar-refractivity contribution in [3.8, 4) is 0 Å². The minimum Gasteiger partial charge on any atom is -0.278 e. The molecule has 0 aliphatic carbocycles. The molecule has 0 saturated heterocycles. The van der Waals surface area contributed by atoms with E-state index in [1.165, 1.54) is 6.92 Å². The fraction of sp³-hybridized carbons (Fsp3) is 0.133. The molecular formula is C15H9F4N3O5. The number of anilines is 2. The lowest BCUT2D eigenvalue weighted by atomic mass is 10.1. The average Bonchev–Trinajstić information content (AvgIpc) is 2.57. The van der Waals surface area contributed by atoms with Gasteiger partial charge in [-0.3, -0.25) is 29.9 Å². The number of nitro benzene ring substituents is 2. The molecule has 0 unspecified atom stereocenters. The van der Waals surface area contributed by atoms with Crippen molar-refractivity contribution in [3.63, 3.8) is 0 Å². The molecule has 1 amide bonds. The van der Waals surface area contributed by atoms with Crippen LogP contribution in [0, 0.1) is 33.0 Å². The van der Waals surface area contributed by atoms with E-state index in [4.69, 9.17) is 0 Å². The van der Waals surface area contributed by atoms with Crippen molar-refractivity contribution >= 4 is 29.2 Å². The summed E-state index contributed by atoms with van der Waals surface area (Å²) in [5.74, 6) is -0.680. The van der Waals surface area contributed by atoms with Gasteiger partial charge in [-0.25, -0.2) is 4.39 Å². The van der Waals surface area contributed by atoms with Crippen molar-refractivity contribution in [2.24, 2.45) is 0 Å². The lowest BCUT2D eigenvalue weighted by Crippen LogP contribution is -2.19. The summed E-state index contributed by atoms with van der Waals surface area (Å²) < 4.78 is 52.2. The van der Waals surface area contributed by atoms with Crippen LogP contribution >= 0.6 is 0 Å². The zero-order chi connectivity index (χ0) is 20.5. The van der Waals surface area contributed by atoms with Crippen LogP contribution in [0.15, 0.2) is 30.3 Å². The maximum Gasteiger partial charge on any atom is 0.416 e. The standard InChI is InChI=1S/C15H9F4N3O5/c1-8-4-10(2-3-11(8)16)20(7-23)14-12(21(24)25)5-9(15(17,18)19)6-13(14)22(26)27/h2-7H,1H3. The average molecular weight is 387 g/mol. The molecule has 0 heterocycles. The van der Waals surface area contributed by atoms with Crippen molar-refractivity contribution in [1.82, 2.24) is 0 Å². The Hall–Kier alpha value is -3.57. The van der Waals surface area contributed by atoms with Crippen molar-refractivity contribution in [2.75, 3.05) is 4.90 Å². The van der Waals surface area contributed by atoms with E-state index in [1.54, 1.807) is 0 Å². The van der Waals surface area contributed by atoms with E-state index in [0.29, 0.717) is 4.90 Å². The number of hydrogen-bond donors (Lipinski definition) is 0. The third kappa shape index (κ3) is 3.83. The Labute approximate surface area is 147 Å². The molecule has 8 nitrogen and oxygen atoms in total. The molecule has 12 heteroatoms. The molecular weight excluding hydrogens is 378 g/mol. The number of carbonyl (C=O) groups is 1. The van der Waals surface area contributed by atoms with E-state index in [1.807, 2.05) is 0 Å². The van der Waals surface area contributed by atoms with Crippen LogP contribution < -0.4 is 4.90 Å². The number of nitro groups is 2. The molecule has 0 bridgehead atoms. The Kier molecular flexibility index (Phi) is 5.10. The molecule has 142 valence electrons. The van der Waals surface area contributed by atoms with Gasteiger partial charge in [0.2, 0.25) is 12.1 Å². The number of benzene rings is 2. The van der Waals surface area contributed by atoms with Gasteiger partial charge in [-0.15, -0.1) is 0 Å². The topological polar surface area (TPSA) is 107 Å². The number of halogens is 4. The quantitative estimate of drug-likeness (QED) is 0.330. The molecule has 0 spiro atoms. The van der Waals surface area contributed by atoms with Crippen molar-refractivity contribution in [2.45, 2.75) is 13.1 Å². The molecule has 0 aliphatic heterocycles. The van der Waals surface area contributed by atoms with Crippen LogP contribution in [0.1, 0.15) is 11.1 Å². The van der Waals surface area contributed by atoms with Gasteiger partial charge >= 0.3 is 17.6 Å². The van der Waals surface area contributed by atoms with Crippen LogP contribution in [-0.2, 0) is 11.0 Å². The molecule has 0 aliphatic rings. The van der Waals surface area contributed by atoms with Gasteiger partial charge in [0.15, 0.2) is 0 Å². The SMILES string of the molecule is Cc1cc(N(C=O)c2c([N+](=O)[O-])cc(C(F)(F)F)cc2[N+](=O)[O-])ccc1F. The smallest absolute Gasteiger partial charge is 0.278 e. The fourth-order valence-corrected chi connectivity index (χ4v) is 2.31. The van der Waals surface area contributed by atoms with Gasteiger partial charge in [-0.05, 0) is 30.7 Å². The van der Waals surface area contributed by atoms with E-state index in [2.05, 4.69) is 0 Å². The molecule has 0 atom stereocenters. The Morgan fingerprint density at radius 3 is 1.93 bits per heavy atom. The van der Waals surface area contributed by atoms with Crippen LogP contribution in [0.25, 0.3) is 0 Å². The highest BCUT2D eigenvalue weighted by molar-refractivity contribution is 5.95. The van der Waals surface area contributed by atoms with Gasteiger partial charge < -0.3 is 0 Å². The van der Waals surface area contributed by atoms with Crippen LogP contribution in [0.3, 0.4) is 0 Å². The summed E-state index contributed by atoms with van der Waals surface area (Å²) in [5.41, 5.74) is -5.38. The molecule has 0 aromatic heterocycles. The number of aryl methyl sites for hydroxylation is 1. The first-order chi connectivity index (χ1) is 12.5. The monoisotopic (exact) mass is 387 g/mol. The molecule has 27 heavy (non-hydrogen) atoms. The van der Waals surface area contributed by atoms with Gasteiger partial charge in [-0.2, -0.15) is 13.2 Å². The van der Waals surface area contributed by atoms with Crippen LogP contribution in [0.5, 0.6) is 0 Å². The third-order valence-corrected chi connectivity index (χ3v) is 3.56. The van der Waals surface area contributed by atoms with Gasteiger partial charge in [0.1, 0.15) is 5.82 Å². The van der Waals surface area contributed by atoms with E-state index >= 15 is 0 Å². The zero-order valence-electron chi connectivity index (χ0n) is 13.4. The first-order valence-electron chi connectivity index (χ1n) is 7.02. The number of nitrogens with zero attached hydrogens (tertiary/aromatic N) is 3. The zero-order valence-corrected chi connectivity index (χ0v) is 13.4. The maximum atomic E-state index is 13.4. The molecule has 2 aromatic rings. The van der Waals surface area contributed by atoms with Crippen LogP contribution in [0.2, 0.25) is 0 Å². The Morgan fingerprint density at radius 2 is 1.56 bits per heavy atom. The highest BCUT2D eigenvalue weighted by atomic mass is 19.4. The largest absolute Gasteiger partial charge is 0.416 e. The molecule has 0 N–H and O–H groups in total. The maximum absolute atomic E-state index is 13.4. The third-order valence-electron chi connectivity index (χ3n) is 3.56. The van der Waals surface area contributed by atoms with Gasteiger partial charge in [0.25, 0.3) is 0 Å². The van der Waals surface area contributed by atoms with Crippen LogP contribution in [0.4, 0.5) is 40.3 Å². The molecule has 2 rings (SSSR count). The predicted octanol–water partition coefficient (Wildman–Crippen LogP) is 4.26. The number of hydrogen-bond acceptors (Lipinski definition) is 5. The highest BCUT2D eigenvalue weighted by Crippen LogP contribution is 2.44. The number of amides is 1. The van der Waals surface area contributed by atoms with Gasteiger partial charge in [-0.1, -0.05) is 0 Å². The van der Waals surface area contributed by atoms with E-state index in [9.17, 15) is 42.6 Å². The number of carbonyl (C=O) groups excluding carboxylic acids is 1. The first kappa shape index (κ1) is 19.8. The van der Waals surface area contributed by atoms with Gasteiger partial charge in [0, 0.05) is 17.8 Å². The minimum absolute atomic E-state index is 0.0107. The lowest BCUT2D eigenvalue weighted by Gasteiger charge is -2.19. The summed E-state index contributed by atoms with van der Waals surface area (Å²) in [6, 6.07) is 3.16. The van der Waals surface area contributed by atoms with Gasteiger partial charge in [0.05, 0.1) is 15.4 Å². The van der Waals surface area contributed by atoms with Crippen molar-refractivity contribution < 1.29 is 32.2 Å². The van der Waals surface area contributed by atoms with E-state index in [0.717, 1.165) is 18.2 Å². The van der Waals surface area contributed by atoms with E-state index < -0.39 is 44.5 Å². The Morgan fingerprint density at radius 1 is 1.04 bits per heavy atom. The second-order valence-corrected chi connectivity index (χ2v) is 5.28. The summed E-state index contributed by atoms with van der Waals surface area (Å²) in [7, 11) is 0. The Balaban J connectivity index is 2.86. The fourth-order valence-electron chi connectivity index (χ4n) is 2.31. The predicted molar refractivity (Wildman–Crippen MR) is 84.1 cm³/mol. The highest BCUT2D eigenvalue weighted by Gasteiger charge is 2.39. The summed E-state index contributed by atoms with van der Waals surface area (Å²) in [4.78, 5) is 31.9.